The van der Waals surface area contributed by atoms with Gasteiger partial charge in [0.2, 0.25) is 0 Å². The molecule has 40 heavy (non-hydrogen) atoms. The maximum absolute atomic E-state index is 13.9. The van der Waals surface area contributed by atoms with Gasteiger partial charge in [-0.05, 0) is 71.5 Å². The van der Waals surface area contributed by atoms with Crippen molar-refractivity contribution in [1.82, 2.24) is 4.98 Å². The summed E-state index contributed by atoms with van der Waals surface area (Å²) in [5.74, 6) is 1.34. The first-order valence-corrected chi connectivity index (χ1v) is 13.0. The molecule has 0 aliphatic rings. The second kappa shape index (κ2) is 11.7. The first kappa shape index (κ1) is 27.1. The third-order valence-electron chi connectivity index (χ3n) is 6.69. The molecular weight excluding hydrogens is 513 g/mol. The van der Waals surface area contributed by atoms with Gasteiger partial charge in [0.05, 0.1) is 24.8 Å². The van der Waals surface area contributed by atoms with E-state index in [1.807, 2.05) is 79.7 Å². The highest BCUT2D eigenvalue weighted by molar-refractivity contribution is 5.98. The zero-order chi connectivity index (χ0) is 28.1. The number of rotatable bonds is 9. The van der Waals surface area contributed by atoms with Crippen LogP contribution in [0.25, 0.3) is 22.0 Å². The van der Waals surface area contributed by atoms with Gasteiger partial charge in [0.25, 0.3) is 0 Å². The molecule has 0 unspecified atom stereocenters. The molecule has 4 nitrogen and oxygen atoms in total. The molecule has 4 aromatic carbocycles. The van der Waals surface area contributed by atoms with E-state index in [9.17, 15) is 13.2 Å². The average Bonchev–Trinajstić information content (AvgIpc) is 2.96. The van der Waals surface area contributed by atoms with E-state index in [0.29, 0.717) is 36.5 Å². The van der Waals surface area contributed by atoms with E-state index in [0.717, 1.165) is 39.6 Å². The van der Waals surface area contributed by atoms with Crippen LogP contribution < -0.4 is 14.8 Å². The number of hydrogen-bond acceptors (Lipinski definition) is 4. The fourth-order valence-electron chi connectivity index (χ4n) is 4.87. The van der Waals surface area contributed by atoms with Crippen molar-refractivity contribution < 1.29 is 22.6 Å². The summed E-state index contributed by atoms with van der Waals surface area (Å²) < 4.78 is 52.7. The van der Waals surface area contributed by atoms with Crippen LogP contribution >= 0.6 is 0 Å². The molecule has 0 aliphatic heterocycles. The normalized spacial score (nSPS) is 11.4. The Bertz CT molecular complexity index is 1620. The third kappa shape index (κ3) is 5.88. The lowest BCUT2D eigenvalue weighted by molar-refractivity contribution is -0.136. The number of methoxy groups -OCH3 is 1. The van der Waals surface area contributed by atoms with Gasteiger partial charge in [-0.25, -0.2) is 0 Å². The summed E-state index contributed by atoms with van der Waals surface area (Å²) in [5.41, 5.74) is 4.51. The Morgan fingerprint density at radius 3 is 2.38 bits per heavy atom. The summed E-state index contributed by atoms with van der Waals surface area (Å²) in [6, 6.07) is 27.6. The van der Waals surface area contributed by atoms with E-state index in [-0.39, 0.29) is 5.52 Å². The fourth-order valence-corrected chi connectivity index (χ4v) is 4.87. The Hall–Kier alpha value is -4.52. The molecule has 0 amide bonds. The van der Waals surface area contributed by atoms with E-state index in [2.05, 4.69) is 10.3 Å². The predicted octanol–water partition coefficient (Wildman–Crippen LogP) is 8.53. The summed E-state index contributed by atoms with van der Waals surface area (Å²) in [7, 11) is 1.60. The number of aromatic nitrogens is 1. The predicted molar refractivity (Wildman–Crippen MR) is 153 cm³/mol. The van der Waals surface area contributed by atoms with Crippen molar-refractivity contribution in [1.29, 1.82) is 0 Å². The van der Waals surface area contributed by atoms with E-state index < -0.39 is 11.7 Å². The summed E-state index contributed by atoms with van der Waals surface area (Å²) in [4.78, 5) is 4.31. The van der Waals surface area contributed by atoms with Gasteiger partial charge >= 0.3 is 6.18 Å². The Morgan fingerprint density at radius 1 is 0.825 bits per heavy atom. The molecule has 0 atom stereocenters. The number of ether oxygens (including phenoxy) is 2. The number of pyridine rings is 1. The molecular formula is C33H29F3N2O2. The van der Waals surface area contributed by atoms with Crippen LogP contribution in [0.3, 0.4) is 0 Å². The maximum atomic E-state index is 13.9. The van der Waals surface area contributed by atoms with Crippen LogP contribution in [0.5, 0.6) is 11.5 Å². The van der Waals surface area contributed by atoms with Crippen molar-refractivity contribution in [2.45, 2.75) is 26.1 Å². The van der Waals surface area contributed by atoms with E-state index in [4.69, 9.17) is 9.47 Å². The lowest BCUT2D eigenvalue weighted by atomic mass is 9.91. The molecule has 0 aliphatic carbocycles. The summed E-state index contributed by atoms with van der Waals surface area (Å²) >= 11 is 0. The van der Waals surface area contributed by atoms with E-state index in [1.54, 1.807) is 19.4 Å². The number of fused-ring (bicyclic) bond motifs is 1. The molecule has 0 radical (unpaired) electrons. The lowest BCUT2D eigenvalue weighted by Gasteiger charge is -2.17. The second-order valence-electron chi connectivity index (χ2n) is 9.37. The Morgan fingerprint density at radius 2 is 1.62 bits per heavy atom. The molecule has 7 heteroatoms. The van der Waals surface area contributed by atoms with Crippen molar-refractivity contribution in [2.75, 3.05) is 19.0 Å². The summed E-state index contributed by atoms with van der Waals surface area (Å²) in [6.07, 6.45) is -2.39. The summed E-state index contributed by atoms with van der Waals surface area (Å²) in [6.45, 7) is 2.97. The number of halogens is 3. The lowest BCUT2D eigenvalue weighted by Crippen LogP contribution is -2.07. The number of alkyl halides is 3. The first-order chi connectivity index (χ1) is 19.4. The van der Waals surface area contributed by atoms with Crippen molar-refractivity contribution in [3.8, 4) is 22.6 Å². The van der Waals surface area contributed by atoms with E-state index in [1.165, 1.54) is 6.07 Å². The smallest absolute Gasteiger partial charge is 0.418 e. The van der Waals surface area contributed by atoms with Gasteiger partial charge in [0, 0.05) is 23.8 Å². The SMILES string of the molecule is CCOc1cc(CNc2cccc(-c3c(Cc4ccccc4)cnc4c(C(F)(F)F)cccc34)c2)ccc1OC. The third-order valence-corrected chi connectivity index (χ3v) is 6.69. The van der Waals surface area contributed by atoms with Gasteiger partial charge in [0.15, 0.2) is 11.5 Å². The van der Waals surface area contributed by atoms with Crippen LogP contribution in [0, 0.1) is 0 Å². The zero-order valence-corrected chi connectivity index (χ0v) is 22.3. The van der Waals surface area contributed by atoms with Gasteiger partial charge < -0.3 is 14.8 Å². The van der Waals surface area contributed by atoms with Gasteiger partial charge in [-0.2, -0.15) is 13.2 Å². The molecule has 0 saturated heterocycles. The van der Waals surface area contributed by atoms with Crippen LogP contribution in [-0.4, -0.2) is 18.7 Å². The molecule has 1 N–H and O–H groups in total. The average molecular weight is 543 g/mol. The molecule has 204 valence electrons. The topological polar surface area (TPSA) is 43.4 Å². The number of hydrogen-bond donors (Lipinski definition) is 1. The standard InChI is InChI=1S/C33H29F3N2O2/c1-3-40-30-18-23(15-16-29(30)39-2)20-37-26-12-7-11-24(19-26)31-25(17-22-9-5-4-6-10-22)21-38-32-27(31)13-8-14-28(32)33(34,35)36/h4-16,18-19,21,37H,3,17,20H2,1-2H3. The Labute approximate surface area is 231 Å². The fraction of sp³-hybridized carbons (Fsp3) is 0.182. The molecule has 1 heterocycles. The highest BCUT2D eigenvalue weighted by atomic mass is 19.4. The monoisotopic (exact) mass is 542 g/mol. The number of nitrogens with one attached hydrogen (secondary N) is 1. The van der Waals surface area contributed by atoms with Crippen LogP contribution in [-0.2, 0) is 19.1 Å². The van der Waals surface area contributed by atoms with E-state index >= 15 is 0 Å². The van der Waals surface area contributed by atoms with Gasteiger partial charge in [-0.3, -0.25) is 4.98 Å². The van der Waals surface area contributed by atoms with Gasteiger partial charge in [-0.15, -0.1) is 0 Å². The minimum absolute atomic E-state index is 0.0538. The van der Waals surface area contributed by atoms with Crippen LogP contribution in [0.1, 0.15) is 29.2 Å². The second-order valence-corrected chi connectivity index (χ2v) is 9.37. The highest BCUT2D eigenvalue weighted by Gasteiger charge is 2.33. The first-order valence-electron chi connectivity index (χ1n) is 13.0. The molecule has 0 fully saturated rings. The van der Waals surface area contributed by atoms with Crippen LogP contribution in [0.4, 0.5) is 18.9 Å². The molecule has 1 aromatic heterocycles. The summed E-state index contributed by atoms with van der Waals surface area (Å²) in [5, 5.41) is 3.91. The highest BCUT2D eigenvalue weighted by Crippen LogP contribution is 2.39. The zero-order valence-electron chi connectivity index (χ0n) is 22.3. The van der Waals surface area contributed by atoms with Gasteiger partial charge in [-0.1, -0.05) is 60.7 Å². The number of benzene rings is 4. The maximum Gasteiger partial charge on any atom is 0.418 e. The van der Waals surface area contributed by atoms with Crippen molar-refractivity contribution >= 4 is 16.6 Å². The van der Waals surface area contributed by atoms with Gasteiger partial charge in [0.1, 0.15) is 0 Å². The van der Waals surface area contributed by atoms with Crippen molar-refractivity contribution in [3.63, 3.8) is 0 Å². The molecule has 0 bridgehead atoms. The Kier molecular flexibility index (Phi) is 7.91. The van der Waals surface area contributed by atoms with Crippen LogP contribution in [0.2, 0.25) is 0 Å². The molecule has 0 spiro atoms. The molecule has 0 saturated carbocycles. The van der Waals surface area contributed by atoms with Crippen molar-refractivity contribution in [3.05, 3.63) is 119 Å². The number of para-hydroxylation sites is 1. The largest absolute Gasteiger partial charge is 0.493 e. The van der Waals surface area contributed by atoms with Crippen LogP contribution in [0.15, 0.2) is 97.2 Å². The van der Waals surface area contributed by atoms with Crippen molar-refractivity contribution in [2.24, 2.45) is 0 Å². The Balaban J connectivity index is 1.54. The minimum Gasteiger partial charge on any atom is -0.493 e. The minimum atomic E-state index is -4.51. The molecule has 5 aromatic rings. The number of nitrogens with zero attached hydrogens (tertiary/aromatic N) is 1. The molecule has 5 rings (SSSR count). The number of anilines is 1. The quantitative estimate of drug-likeness (QED) is 0.203.